The summed E-state index contributed by atoms with van der Waals surface area (Å²) in [6, 6.07) is 17.2. The fourth-order valence-corrected chi connectivity index (χ4v) is 2.70. The topological polar surface area (TPSA) is 4.93 Å². The van der Waals surface area contributed by atoms with Gasteiger partial charge in [0.25, 0.3) is 0 Å². The molecule has 0 saturated heterocycles. The highest BCUT2D eigenvalue weighted by molar-refractivity contribution is 5.85. The molecule has 0 aliphatic carbocycles. The molecule has 0 spiro atoms. The van der Waals surface area contributed by atoms with Gasteiger partial charge < -0.3 is 4.57 Å². The number of benzene rings is 2. The number of para-hydroxylation sites is 1. The van der Waals surface area contributed by atoms with Crippen LogP contribution in [0.15, 0.2) is 67.4 Å². The smallest absolute Gasteiger partial charge is 0.0531 e. The molecule has 1 aromatic heterocycles. The van der Waals surface area contributed by atoms with Crippen LogP contribution in [0.3, 0.4) is 0 Å². The summed E-state index contributed by atoms with van der Waals surface area (Å²) >= 11 is 0. The van der Waals surface area contributed by atoms with Crippen LogP contribution in [0, 0.1) is 6.92 Å². The van der Waals surface area contributed by atoms with Crippen molar-refractivity contribution in [2.75, 3.05) is 0 Å². The Labute approximate surface area is 120 Å². The van der Waals surface area contributed by atoms with E-state index in [0.29, 0.717) is 0 Å². The predicted molar refractivity (Wildman–Crippen MR) is 86.5 cm³/mol. The molecule has 3 rings (SSSR count). The van der Waals surface area contributed by atoms with Crippen molar-refractivity contribution in [3.8, 4) is 5.69 Å². The monoisotopic (exact) mass is 261 g/mol. The van der Waals surface area contributed by atoms with Gasteiger partial charge in [-0.15, -0.1) is 6.58 Å². The van der Waals surface area contributed by atoms with Crippen molar-refractivity contribution in [2.24, 2.45) is 0 Å². The molecule has 0 atom stereocenters. The van der Waals surface area contributed by atoms with Crippen molar-refractivity contribution in [1.82, 2.24) is 4.57 Å². The van der Waals surface area contributed by atoms with Gasteiger partial charge in [0.1, 0.15) is 0 Å². The van der Waals surface area contributed by atoms with E-state index < -0.39 is 0 Å². The summed E-state index contributed by atoms with van der Waals surface area (Å²) in [6.45, 7) is 5.96. The first kappa shape index (κ1) is 12.7. The van der Waals surface area contributed by atoms with Crippen LogP contribution in [-0.4, -0.2) is 4.57 Å². The van der Waals surface area contributed by atoms with Crippen molar-refractivity contribution >= 4 is 10.9 Å². The third-order valence-corrected chi connectivity index (χ3v) is 3.69. The lowest BCUT2D eigenvalue weighted by molar-refractivity contribution is 0.998. The molecular formula is C19H19N. The van der Waals surface area contributed by atoms with E-state index in [-0.39, 0.29) is 0 Å². The molecular weight excluding hydrogens is 242 g/mol. The maximum atomic E-state index is 3.83. The molecule has 0 radical (unpaired) electrons. The van der Waals surface area contributed by atoms with E-state index in [9.17, 15) is 0 Å². The standard InChI is InChI=1S/C19H19N/c1-3-4-9-16-14-20(17-10-7-8-15(2)13-17)19-12-6-5-11-18(16)19/h3,5-8,10-14H,1,4,9H2,2H3. The molecule has 1 heterocycles. The van der Waals surface area contributed by atoms with Gasteiger partial charge in [-0.05, 0) is 49.1 Å². The molecule has 0 amide bonds. The van der Waals surface area contributed by atoms with Crippen LogP contribution < -0.4 is 0 Å². The Bertz CT molecular complexity index is 749. The minimum atomic E-state index is 1.02. The molecule has 0 aliphatic heterocycles. The van der Waals surface area contributed by atoms with E-state index in [4.69, 9.17) is 0 Å². The summed E-state index contributed by atoms with van der Waals surface area (Å²) in [5.74, 6) is 0. The quantitative estimate of drug-likeness (QED) is 0.579. The number of rotatable bonds is 4. The summed E-state index contributed by atoms with van der Waals surface area (Å²) in [5, 5.41) is 1.34. The third kappa shape index (κ3) is 2.27. The molecule has 20 heavy (non-hydrogen) atoms. The van der Waals surface area contributed by atoms with Crippen molar-refractivity contribution in [2.45, 2.75) is 19.8 Å². The fourth-order valence-electron chi connectivity index (χ4n) is 2.70. The number of aryl methyl sites for hydroxylation is 2. The molecule has 0 saturated carbocycles. The van der Waals surface area contributed by atoms with Crippen LogP contribution in [0.4, 0.5) is 0 Å². The van der Waals surface area contributed by atoms with Gasteiger partial charge in [0.05, 0.1) is 5.52 Å². The highest BCUT2D eigenvalue weighted by atomic mass is 15.0. The predicted octanol–water partition coefficient (Wildman–Crippen LogP) is 5.06. The van der Waals surface area contributed by atoms with Crippen LogP contribution in [-0.2, 0) is 6.42 Å². The second-order valence-corrected chi connectivity index (χ2v) is 5.21. The summed E-state index contributed by atoms with van der Waals surface area (Å²) in [6.07, 6.45) is 6.31. The average Bonchev–Trinajstić information content (AvgIpc) is 2.84. The summed E-state index contributed by atoms with van der Waals surface area (Å²) in [7, 11) is 0. The molecule has 100 valence electrons. The first-order valence-corrected chi connectivity index (χ1v) is 7.06. The van der Waals surface area contributed by atoms with Gasteiger partial charge in [-0.25, -0.2) is 0 Å². The Morgan fingerprint density at radius 1 is 1.10 bits per heavy atom. The van der Waals surface area contributed by atoms with Crippen LogP contribution in [0.5, 0.6) is 0 Å². The molecule has 0 bridgehead atoms. The number of allylic oxidation sites excluding steroid dienone is 1. The fraction of sp³-hybridized carbons (Fsp3) is 0.158. The first-order valence-electron chi connectivity index (χ1n) is 7.06. The molecule has 2 aromatic carbocycles. The Kier molecular flexibility index (Phi) is 3.42. The van der Waals surface area contributed by atoms with Gasteiger partial charge in [0.15, 0.2) is 0 Å². The van der Waals surface area contributed by atoms with E-state index >= 15 is 0 Å². The average molecular weight is 261 g/mol. The lowest BCUT2D eigenvalue weighted by Gasteiger charge is -2.06. The molecule has 3 aromatic rings. The van der Waals surface area contributed by atoms with E-state index in [1.54, 1.807) is 0 Å². The highest BCUT2D eigenvalue weighted by Crippen LogP contribution is 2.26. The Morgan fingerprint density at radius 2 is 1.95 bits per heavy atom. The second kappa shape index (κ2) is 5.38. The molecule has 0 aliphatic rings. The van der Waals surface area contributed by atoms with Crippen LogP contribution in [0.25, 0.3) is 16.6 Å². The lowest BCUT2D eigenvalue weighted by Crippen LogP contribution is -1.91. The van der Waals surface area contributed by atoms with Gasteiger partial charge in [-0.2, -0.15) is 0 Å². The van der Waals surface area contributed by atoms with Gasteiger partial charge >= 0.3 is 0 Å². The zero-order valence-electron chi connectivity index (χ0n) is 11.8. The maximum Gasteiger partial charge on any atom is 0.0531 e. The molecule has 0 unspecified atom stereocenters. The summed E-state index contributed by atoms with van der Waals surface area (Å²) in [4.78, 5) is 0. The number of fused-ring (bicyclic) bond motifs is 1. The van der Waals surface area contributed by atoms with Crippen LogP contribution in [0.2, 0.25) is 0 Å². The Balaban J connectivity index is 2.18. The van der Waals surface area contributed by atoms with E-state index in [0.717, 1.165) is 12.8 Å². The van der Waals surface area contributed by atoms with Gasteiger partial charge in [0.2, 0.25) is 0 Å². The van der Waals surface area contributed by atoms with Crippen LogP contribution in [0.1, 0.15) is 17.5 Å². The van der Waals surface area contributed by atoms with Gasteiger partial charge in [0, 0.05) is 17.3 Å². The molecule has 0 fully saturated rings. The number of hydrogen-bond donors (Lipinski definition) is 0. The Hall–Kier alpha value is -2.28. The third-order valence-electron chi connectivity index (χ3n) is 3.69. The summed E-state index contributed by atoms with van der Waals surface area (Å²) < 4.78 is 2.29. The van der Waals surface area contributed by atoms with Crippen molar-refractivity contribution in [3.63, 3.8) is 0 Å². The minimum absolute atomic E-state index is 1.02. The van der Waals surface area contributed by atoms with Crippen molar-refractivity contribution in [1.29, 1.82) is 0 Å². The van der Waals surface area contributed by atoms with E-state index in [1.165, 1.54) is 27.7 Å². The van der Waals surface area contributed by atoms with E-state index in [1.807, 2.05) is 6.08 Å². The molecule has 1 nitrogen and oxygen atoms in total. The highest BCUT2D eigenvalue weighted by Gasteiger charge is 2.08. The normalized spacial score (nSPS) is 10.8. The second-order valence-electron chi connectivity index (χ2n) is 5.21. The Morgan fingerprint density at radius 3 is 2.75 bits per heavy atom. The van der Waals surface area contributed by atoms with Crippen molar-refractivity contribution in [3.05, 3.63) is 78.5 Å². The molecule has 0 N–H and O–H groups in total. The minimum Gasteiger partial charge on any atom is -0.316 e. The maximum absolute atomic E-state index is 3.83. The van der Waals surface area contributed by atoms with Crippen LogP contribution >= 0.6 is 0 Å². The van der Waals surface area contributed by atoms with Gasteiger partial charge in [-0.3, -0.25) is 0 Å². The largest absolute Gasteiger partial charge is 0.316 e. The number of nitrogens with zero attached hydrogens (tertiary/aromatic N) is 1. The number of aromatic nitrogens is 1. The SMILES string of the molecule is C=CCCc1cn(-c2cccc(C)c2)c2ccccc12. The van der Waals surface area contributed by atoms with Gasteiger partial charge in [-0.1, -0.05) is 36.4 Å². The first-order chi connectivity index (χ1) is 9.79. The zero-order chi connectivity index (χ0) is 13.9. The summed E-state index contributed by atoms with van der Waals surface area (Å²) in [5.41, 5.74) is 5.18. The lowest BCUT2D eigenvalue weighted by atomic mass is 10.1. The zero-order valence-corrected chi connectivity index (χ0v) is 11.8. The van der Waals surface area contributed by atoms with E-state index in [2.05, 4.69) is 72.8 Å². The molecule has 1 heteroatoms. The number of hydrogen-bond acceptors (Lipinski definition) is 0. The van der Waals surface area contributed by atoms with Crippen molar-refractivity contribution < 1.29 is 0 Å².